The molecule has 0 heterocycles. The highest BCUT2D eigenvalue weighted by atomic mass is 32.2. The second-order valence-electron chi connectivity index (χ2n) is 5.60. The van der Waals surface area contributed by atoms with E-state index in [0.717, 1.165) is 5.56 Å². The molecule has 0 saturated carbocycles. The Balaban J connectivity index is 2.88. The molecule has 0 spiro atoms. The van der Waals surface area contributed by atoms with Gasteiger partial charge in [-0.25, -0.2) is 13.1 Å². The maximum Gasteiger partial charge on any atom is 0.240 e. The number of rotatable bonds is 8. The minimum atomic E-state index is -3.53. The van der Waals surface area contributed by atoms with Crippen molar-refractivity contribution in [1.29, 1.82) is 0 Å². The van der Waals surface area contributed by atoms with E-state index in [1.165, 1.54) is 0 Å². The molecule has 5 nitrogen and oxygen atoms in total. The molecule has 21 heavy (non-hydrogen) atoms. The van der Waals surface area contributed by atoms with Crippen LogP contribution in [0.3, 0.4) is 0 Å². The van der Waals surface area contributed by atoms with Crippen molar-refractivity contribution in [2.45, 2.75) is 44.2 Å². The molecule has 0 fully saturated rings. The fourth-order valence-corrected chi connectivity index (χ4v) is 3.16. The molecule has 6 heteroatoms. The van der Waals surface area contributed by atoms with Crippen molar-refractivity contribution >= 4 is 10.0 Å². The van der Waals surface area contributed by atoms with E-state index >= 15 is 0 Å². The molecule has 1 aromatic rings. The van der Waals surface area contributed by atoms with Crippen molar-refractivity contribution in [2.75, 3.05) is 20.2 Å². The van der Waals surface area contributed by atoms with Gasteiger partial charge in [-0.1, -0.05) is 12.1 Å². The molecule has 0 radical (unpaired) electrons. The second kappa shape index (κ2) is 7.35. The minimum absolute atomic E-state index is 0.0972. The Morgan fingerprint density at radius 1 is 1.33 bits per heavy atom. The molecule has 0 bridgehead atoms. The van der Waals surface area contributed by atoms with Crippen LogP contribution in [0.5, 0.6) is 0 Å². The molecule has 0 saturated heterocycles. The van der Waals surface area contributed by atoms with Crippen LogP contribution in [-0.4, -0.2) is 34.2 Å². The third-order valence-corrected chi connectivity index (χ3v) is 4.72. The Morgan fingerprint density at radius 2 is 2.00 bits per heavy atom. The van der Waals surface area contributed by atoms with E-state index in [4.69, 9.17) is 4.74 Å². The predicted octanol–water partition coefficient (Wildman–Crippen LogP) is 2.06. The van der Waals surface area contributed by atoms with Crippen molar-refractivity contribution in [3.63, 3.8) is 0 Å². The minimum Gasteiger partial charge on any atom is -0.375 e. The van der Waals surface area contributed by atoms with E-state index < -0.39 is 15.6 Å². The lowest BCUT2D eigenvalue weighted by atomic mass is 10.1. The largest absolute Gasteiger partial charge is 0.375 e. The summed E-state index contributed by atoms with van der Waals surface area (Å²) >= 11 is 0. The number of nitrogens with one attached hydrogen (secondary N) is 2. The van der Waals surface area contributed by atoms with Crippen molar-refractivity contribution in [2.24, 2.45) is 0 Å². The maximum atomic E-state index is 12.4. The van der Waals surface area contributed by atoms with E-state index in [1.807, 2.05) is 40.8 Å². The highest BCUT2D eigenvalue weighted by molar-refractivity contribution is 7.89. The summed E-state index contributed by atoms with van der Waals surface area (Å²) in [4.78, 5) is 0.273. The third-order valence-electron chi connectivity index (χ3n) is 3.32. The first kappa shape index (κ1) is 18.1. The van der Waals surface area contributed by atoms with Crippen LogP contribution < -0.4 is 10.0 Å². The summed E-state index contributed by atoms with van der Waals surface area (Å²) < 4.78 is 32.8. The lowest BCUT2D eigenvalue weighted by Gasteiger charge is -2.24. The van der Waals surface area contributed by atoms with Crippen LogP contribution in [0, 0.1) is 0 Å². The van der Waals surface area contributed by atoms with E-state index in [1.54, 1.807) is 18.2 Å². The standard InChI is InChI=1S/C15H26N2O3S/c1-6-20-15(3,4)11-17-21(18,19)14-9-7-8-13(10-14)12(2)16-5/h7-10,12,16-17H,6,11H2,1-5H3. The lowest BCUT2D eigenvalue weighted by Crippen LogP contribution is -2.40. The van der Waals surface area contributed by atoms with Crippen molar-refractivity contribution in [3.05, 3.63) is 29.8 Å². The first-order valence-electron chi connectivity index (χ1n) is 7.12. The van der Waals surface area contributed by atoms with E-state index in [2.05, 4.69) is 10.0 Å². The van der Waals surface area contributed by atoms with Crippen LogP contribution in [0.25, 0.3) is 0 Å². The molecule has 0 aromatic heterocycles. The smallest absolute Gasteiger partial charge is 0.240 e. The van der Waals surface area contributed by atoms with E-state index in [9.17, 15) is 8.42 Å². The number of ether oxygens (including phenoxy) is 1. The van der Waals surface area contributed by atoms with Crippen LogP contribution in [0.15, 0.2) is 29.2 Å². The van der Waals surface area contributed by atoms with Crippen LogP contribution in [0.2, 0.25) is 0 Å². The Morgan fingerprint density at radius 3 is 2.57 bits per heavy atom. The topological polar surface area (TPSA) is 67.4 Å². The molecule has 0 amide bonds. The summed E-state index contributed by atoms with van der Waals surface area (Å²) in [5.74, 6) is 0. The third kappa shape index (κ3) is 5.39. The van der Waals surface area contributed by atoms with Gasteiger partial charge in [0, 0.05) is 19.2 Å². The molecule has 1 aromatic carbocycles. The van der Waals surface area contributed by atoms with Crippen LogP contribution in [0.1, 0.15) is 39.3 Å². The summed E-state index contributed by atoms with van der Waals surface area (Å²) in [6, 6.07) is 7.05. The van der Waals surface area contributed by atoms with Gasteiger partial charge in [-0.05, 0) is 52.4 Å². The van der Waals surface area contributed by atoms with Crippen molar-refractivity contribution in [1.82, 2.24) is 10.0 Å². The van der Waals surface area contributed by atoms with Gasteiger partial charge in [0.2, 0.25) is 10.0 Å². The van der Waals surface area contributed by atoms with E-state index in [-0.39, 0.29) is 17.5 Å². The average Bonchev–Trinajstić information content (AvgIpc) is 2.45. The highest BCUT2D eigenvalue weighted by Gasteiger charge is 2.22. The molecule has 120 valence electrons. The van der Waals surface area contributed by atoms with Crippen molar-refractivity contribution < 1.29 is 13.2 Å². The zero-order valence-corrected chi connectivity index (χ0v) is 14.3. The molecule has 1 unspecified atom stereocenters. The van der Waals surface area contributed by atoms with Gasteiger partial charge < -0.3 is 10.1 Å². The lowest BCUT2D eigenvalue weighted by molar-refractivity contribution is -0.00515. The number of benzene rings is 1. The van der Waals surface area contributed by atoms with Crippen LogP contribution in [0.4, 0.5) is 0 Å². The summed E-state index contributed by atoms with van der Waals surface area (Å²) in [5.41, 5.74) is 0.405. The predicted molar refractivity (Wildman–Crippen MR) is 84.8 cm³/mol. The maximum absolute atomic E-state index is 12.4. The summed E-state index contributed by atoms with van der Waals surface area (Å²) in [7, 11) is -1.69. The van der Waals surface area contributed by atoms with Gasteiger partial charge in [0.15, 0.2) is 0 Å². The SMILES string of the molecule is CCOC(C)(C)CNS(=O)(=O)c1cccc(C(C)NC)c1. The second-order valence-corrected chi connectivity index (χ2v) is 7.37. The molecule has 2 N–H and O–H groups in total. The van der Waals surface area contributed by atoms with Gasteiger partial charge in [-0.15, -0.1) is 0 Å². The summed E-state index contributed by atoms with van der Waals surface area (Å²) in [5, 5.41) is 3.10. The Hall–Kier alpha value is -0.950. The highest BCUT2D eigenvalue weighted by Crippen LogP contribution is 2.18. The molecule has 1 atom stereocenters. The van der Waals surface area contributed by atoms with Gasteiger partial charge >= 0.3 is 0 Å². The Labute approximate surface area is 128 Å². The van der Waals surface area contributed by atoms with E-state index in [0.29, 0.717) is 6.61 Å². The van der Waals surface area contributed by atoms with Gasteiger partial charge in [-0.2, -0.15) is 0 Å². The monoisotopic (exact) mass is 314 g/mol. The van der Waals surface area contributed by atoms with Crippen LogP contribution >= 0.6 is 0 Å². The molecular formula is C15H26N2O3S. The fourth-order valence-electron chi connectivity index (χ4n) is 1.91. The molecule has 1 rings (SSSR count). The first-order valence-corrected chi connectivity index (χ1v) is 8.61. The van der Waals surface area contributed by atoms with Crippen molar-refractivity contribution in [3.8, 4) is 0 Å². The molecular weight excluding hydrogens is 288 g/mol. The number of sulfonamides is 1. The normalized spacial score (nSPS) is 14.1. The molecule has 0 aliphatic heterocycles. The average molecular weight is 314 g/mol. The van der Waals surface area contributed by atoms with Gasteiger partial charge in [0.05, 0.1) is 10.5 Å². The number of hydrogen-bond acceptors (Lipinski definition) is 4. The first-order chi connectivity index (χ1) is 9.72. The number of hydrogen-bond donors (Lipinski definition) is 2. The Bertz CT molecular complexity index is 556. The summed E-state index contributed by atoms with van der Waals surface area (Å²) in [6.45, 7) is 8.37. The zero-order valence-electron chi connectivity index (χ0n) is 13.4. The molecule has 0 aliphatic carbocycles. The summed E-state index contributed by atoms with van der Waals surface area (Å²) in [6.07, 6.45) is 0. The van der Waals surface area contributed by atoms with Gasteiger partial charge in [-0.3, -0.25) is 0 Å². The molecule has 0 aliphatic rings. The fraction of sp³-hybridized carbons (Fsp3) is 0.600. The van der Waals surface area contributed by atoms with Crippen LogP contribution in [-0.2, 0) is 14.8 Å². The Kier molecular flexibility index (Phi) is 6.34. The van der Waals surface area contributed by atoms with Gasteiger partial charge in [0.25, 0.3) is 0 Å². The van der Waals surface area contributed by atoms with Gasteiger partial charge in [0.1, 0.15) is 0 Å². The quantitative estimate of drug-likeness (QED) is 0.771. The zero-order chi connectivity index (χ0) is 16.1.